The first kappa shape index (κ1) is 13.4. The van der Waals surface area contributed by atoms with Gasteiger partial charge in [-0.05, 0) is 32.6 Å². The Morgan fingerprint density at radius 2 is 1.67 bits per heavy atom. The molecule has 0 heterocycles. The summed E-state index contributed by atoms with van der Waals surface area (Å²) in [7, 11) is 0. The van der Waals surface area contributed by atoms with Gasteiger partial charge in [-0.1, -0.05) is 19.3 Å². The molecule has 2 atom stereocenters. The van der Waals surface area contributed by atoms with Crippen LogP contribution in [0.15, 0.2) is 0 Å². The topological polar surface area (TPSA) is 57.6 Å². The average molecular weight is 253 g/mol. The van der Waals surface area contributed by atoms with E-state index in [1.807, 2.05) is 11.8 Å². The molecule has 2 aliphatic rings. The number of nitrogens with zero attached hydrogens (tertiary/aromatic N) is 1. The number of carbonyl (C=O) groups excluding carboxylic acids is 1. The van der Waals surface area contributed by atoms with Gasteiger partial charge in [0, 0.05) is 12.6 Å². The highest BCUT2D eigenvalue weighted by Crippen LogP contribution is 2.37. The van der Waals surface area contributed by atoms with Crippen LogP contribution in [0.5, 0.6) is 0 Å². The molecule has 2 saturated carbocycles. The Labute approximate surface area is 108 Å². The molecule has 0 aliphatic heterocycles. The number of carboxylic acids is 1. The van der Waals surface area contributed by atoms with Crippen molar-refractivity contribution in [2.24, 2.45) is 11.8 Å². The van der Waals surface area contributed by atoms with E-state index < -0.39 is 11.9 Å². The summed E-state index contributed by atoms with van der Waals surface area (Å²) >= 11 is 0. The molecule has 0 spiro atoms. The number of hydrogen-bond donors (Lipinski definition) is 1. The molecule has 2 unspecified atom stereocenters. The lowest BCUT2D eigenvalue weighted by Crippen LogP contribution is -2.50. The number of amides is 1. The van der Waals surface area contributed by atoms with Crippen molar-refractivity contribution in [2.75, 3.05) is 6.54 Å². The molecule has 2 aliphatic carbocycles. The third-order valence-corrected chi connectivity index (χ3v) is 4.55. The predicted octanol–water partition coefficient (Wildman–Crippen LogP) is 2.28. The molecule has 0 bridgehead atoms. The standard InChI is InChI=1S/C14H23NO3/c1-2-15(10-6-4-3-5-7-10)13(16)11-8-9-12(11)14(17)18/h10-12H,2-9H2,1H3,(H,17,18). The van der Waals surface area contributed by atoms with Crippen molar-refractivity contribution in [1.82, 2.24) is 4.90 Å². The van der Waals surface area contributed by atoms with Crippen molar-refractivity contribution >= 4 is 11.9 Å². The van der Waals surface area contributed by atoms with E-state index in [2.05, 4.69) is 0 Å². The Morgan fingerprint density at radius 3 is 2.11 bits per heavy atom. The van der Waals surface area contributed by atoms with Crippen LogP contribution in [0.3, 0.4) is 0 Å². The molecule has 4 nitrogen and oxygen atoms in total. The van der Waals surface area contributed by atoms with E-state index in [0.29, 0.717) is 19.0 Å². The molecule has 1 amide bonds. The summed E-state index contributed by atoms with van der Waals surface area (Å²) in [6, 6.07) is 0.353. The maximum Gasteiger partial charge on any atom is 0.307 e. The third kappa shape index (κ3) is 2.52. The second-order valence-electron chi connectivity index (χ2n) is 5.54. The van der Waals surface area contributed by atoms with Crippen molar-refractivity contribution in [3.8, 4) is 0 Å². The number of carbonyl (C=O) groups is 2. The number of hydrogen-bond acceptors (Lipinski definition) is 2. The van der Waals surface area contributed by atoms with Gasteiger partial charge in [-0.3, -0.25) is 9.59 Å². The van der Waals surface area contributed by atoms with Gasteiger partial charge in [0.1, 0.15) is 0 Å². The van der Waals surface area contributed by atoms with Gasteiger partial charge < -0.3 is 10.0 Å². The zero-order valence-electron chi connectivity index (χ0n) is 11.1. The summed E-state index contributed by atoms with van der Waals surface area (Å²) in [6.07, 6.45) is 7.24. The fourth-order valence-electron chi connectivity index (χ4n) is 3.29. The minimum atomic E-state index is -0.806. The fourth-order valence-corrected chi connectivity index (χ4v) is 3.29. The second kappa shape index (κ2) is 5.72. The Hall–Kier alpha value is -1.06. The van der Waals surface area contributed by atoms with Gasteiger partial charge in [-0.15, -0.1) is 0 Å². The van der Waals surface area contributed by atoms with E-state index in [1.54, 1.807) is 0 Å². The van der Waals surface area contributed by atoms with Crippen molar-refractivity contribution < 1.29 is 14.7 Å². The number of carboxylic acid groups (broad SMARTS) is 1. The Morgan fingerprint density at radius 1 is 1.06 bits per heavy atom. The van der Waals surface area contributed by atoms with E-state index in [0.717, 1.165) is 19.3 Å². The first-order valence-corrected chi connectivity index (χ1v) is 7.18. The predicted molar refractivity (Wildman–Crippen MR) is 68.1 cm³/mol. The summed E-state index contributed by atoms with van der Waals surface area (Å²) in [4.78, 5) is 25.4. The first-order chi connectivity index (χ1) is 8.65. The lowest BCUT2D eigenvalue weighted by Gasteiger charge is -2.40. The molecule has 0 radical (unpaired) electrons. The van der Waals surface area contributed by atoms with Crippen LogP contribution < -0.4 is 0 Å². The van der Waals surface area contributed by atoms with Crippen LogP contribution in [-0.4, -0.2) is 34.5 Å². The molecule has 0 aromatic rings. The van der Waals surface area contributed by atoms with Crippen LogP contribution in [0.25, 0.3) is 0 Å². The SMILES string of the molecule is CCN(C(=O)C1CCC1C(=O)O)C1CCCCC1. The van der Waals surface area contributed by atoms with E-state index in [4.69, 9.17) is 5.11 Å². The summed E-state index contributed by atoms with van der Waals surface area (Å²) < 4.78 is 0. The zero-order chi connectivity index (χ0) is 13.1. The smallest absolute Gasteiger partial charge is 0.307 e. The van der Waals surface area contributed by atoms with Gasteiger partial charge in [0.05, 0.1) is 11.8 Å². The summed E-state index contributed by atoms with van der Waals surface area (Å²) in [5.74, 6) is -1.41. The molecule has 1 N–H and O–H groups in total. The minimum absolute atomic E-state index is 0.0862. The molecule has 18 heavy (non-hydrogen) atoms. The van der Waals surface area contributed by atoms with E-state index >= 15 is 0 Å². The number of rotatable bonds is 4. The van der Waals surface area contributed by atoms with Crippen molar-refractivity contribution in [3.05, 3.63) is 0 Å². The van der Waals surface area contributed by atoms with Crippen LogP contribution >= 0.6 is 0 Å². The van der Waals surface area contributed by atoms with Crippen molar-refractivity contribution in [3.63, 3.8) is 0 Å². The van der Waals surface area contributed by atoms with Gasteiger partial charge in [0.15, 0.2) is 0 Å². The van der Waals surface area contributed by atoms with Gasteiger partial charge in [0.25, 0.3) is 0 Å². The van der Waals surface area contributed by atoms with Gasteiger partial charge in [-0.25, -0.2) is 0 Å². The van der Waals surface area contributed by atoms with Gasteiger partial charge in [0.2, 0.25) is 5.91 Å². The average Bonchev–Trinajstić information content (AvgIpc) is 2.29. The van der Waals surface area contributed by atoms with Gasteiger partial charge in [-0.2, -0.15) is 0 Å². The monoisotopic (exact) mass is 253 g/mol. The first-order valence-electron chi connectivity index (χ1n) is 7.18. The molecule has 102 valence electrons. The fraction of sp³-hybridized carbons (Fsp3) is 0.857. The summed E-state index contributed by atoms with van der Waals surface area (Å²) in [5, 5.41) is 9.05. The van der Waals surface area contributed by atoms with Crippen LogP contribution in [0.4, 0.5) is 0 Å². The molecule has 0 saturated heterocycles. The molecule has 4 heteroatoms. The summed E-state index contributed by atoms with van der Waals surface area (Å²) in [6.45, 7) is 2.72. The van der Waals surface area contributed by atoms with Crippen LogP contribution in [0, 0.1) is 11.8 Å². The van der Waals surface area contributed by atoms with Gasteiger partial charge >= 0.3 is 5.97 Å². The quantitative estimate of drug-likeness (QED) is 0.836. The lowest BCUT2D eigenvalue weighted by atomic mass is 9.72. The van der Waals surface area contributed by atoms with Crippen molar-refractivity contribution in [1.29, 1.82) is 0 Å². The third-order valence-electron chi connectivity index (χ3n) is 4.55. The maximum absolute atomic E-state index is 12.4. The molecule has 0 aromatic heterocycles. The molecule has 2 fully saturated rings. The highest BCUT2D eigenvalue weighted by Gasteiger charge is 2.44. The molecule has 2 rings (SSSR count). The second-order valence-corrected chi connectivity index (χ2v) is 5.54. The normalized spacial score (nSPS) is 28.5. The Balaban J connectivity index is 1.98. The summed E-state index contributed by atoms with van der Waals surface area (Å²) in [5.41, 5.74) is 0. The molecule has 0 aromatic carbocycles. The molecular weight excluding hydrogens is 230 g/mol. The van der Waals surface area contributed by atoms with Crippen LogP contribution in [0.2, 0.25) is 0 Å². The lowest BCUT2D eigenvalue weighted by molar-refractivity contribution is -0.158. The molecular formula is C14H23NO3. The van der Waals surface area contributed by atoms with E-state index in [1.165, 1.54) is 19.3 Å². The largest absolute Gasteiger partial charge is 0.481 e. The Kier molecular flexibility index (Phi) is 4.25. The van der Waals surface area contributed by atoms with E-state index in [9.17, 15) is 9.59 Å². The van der Waals surface area contributed by atoms with Crippen molar-refractivity contribution in [2.45, 2.75) is 57.9 Å². The van der Waals surface area contributed by atoms with E-state index in [-0.39, 0.29) is 11.8 Å². The number of aliphatic carboxylic acids is 1. The highest BCUT2D eigenvalue weighted by atomic mass is 16.4. The minimum Gasteiger partial charge on any atom is -0.481 e. The Bertz CT molecular complexity index is 323. The zero-order valence-corrected chi connectivity index (χ0v) is 11.1. The van der Waals surface area contributed by atoms with Crippen LogP contribution in [0.1, 0.15) is 51.9 Å². The van der Waals surface area contributed by atoms with Crippen LogP contribution in [-0.2, 0) is 9.59 Å². The highest BCUT2D eigenvalue weighted by molar-refractivity contribution is 5.86. The maximum atomic E-state index is 12.4.